The predicted molar refractivity (Wildman–Crippen MR) is 74.6 cm³/mol. The molecule has 0 unspecified atom stereocenters. The molecule has 1 aromatic rings. The summed E-state index contributed by atoms with van der Waals surface area (Å²) in [6.45, 7) is -0.0504. The number of esters is 1. The fraction of sp³-hybridized carbons (Fsp3) is 0.500. The predicted octanol–water partition coefficient (Wildman–Crippen LogP) is 2.29. The van der Waals surface area contributed by atoms with E-state index in [2.05, 4.69) is 9.72 Å². The van der Waals surface area contributed by atoms with Gasteiger partial charge in [-0.2, -0.15) is 0 Å². The topological polar surface area (TPSA) is 59.5 Å². The van der Waals surface area contributed by atoms with Crippen molar-refractivity contribution < 1.29 is 14.3 Å². The fourth-order valence-electron chi connectivity index (χ4n) is 2.49. The van der Waals surface area contributed by atoms with Gasteiger partial charge in [-0.15, -0.1) is 0 Å². The summed E-state index contributed by atoms with van der Waals surface area (Å²) >= 11 is 5.97. The number of hydrogen-bond acceptors (Lipinski definition) is 4. The average molecular weight is 297 g/mol. The van der Waals surface area contributed by atoms with E-state index in [-0.39, 0.29) is 23.6 Å². The molecule has 1 aliphatic carbocycles. The second-order valence-electron chi connectivity index (χ2n) is 4.79. The SMILES string of the molecule is COC(=O)CN(C(=O)c1cccnc1Cl)C1CCCC1. The van der Waals surface area contributed by atoms with Crippen molar-refractivity contribution in [2.45, 2.75) is 31.7 Å². The molecule has 0 spiro atoms. The van der Waals surface area contributed by atoms with Gasteiger partial charge in [-0.3, -0.25) is 9.59 Å². The van der Waals surface area contributed by atoms with Gasteiger partial charge in [0.15, 0.2) is 0 Å². The van der Waals surface area contributed by atoms with Gasteiger partial charge < -0.3 is 9.64 Å². The smallest absolute Gasteiger partial charge is 0.325 e. The highest BCUT2D eigenvalue weighted by atomic mass is 35.5. The van der Waals surface area contributed by atoms with Gasteiger partial charge in [-0.1, -0.05) is 24.4 Å². The van der Waals surface area contributed by atoms with E-state index in [1.54, 1.807) is 17.0 Å². The van der Waals surface area contributed by atoms with Crippen LogP contribution in [0.4, 0.5) is 0 Å². The van der Waals surface area contributed by atoms with Gasteiger partial charge in [0.1, 0.15) is 11.7 Å². The third-order valence-corrected chi connectivity index (χ3v) is 3.84. The second-order valence-corrected chi connectivity index (χ2v) is 5.15. The molecule has 6 heteroatoms. The van der Waals surface area contributed by atoms with Gasteiger partial charge in [-0.25, -0.2) is 4.98 Å². The van der Waals surface area contributed by atoms with Crippen LogP contribution in [-0.4, -0.2) is 41.5 Å². The number of methoxy groups -OCH3 is 1. The van der Waals surface area contributed by atoms with Gasteiger partial charge in [0.05, 0.1) is 12.7 Å². The van der Waals surface area contributed by atoms with E-state index in [0.29, 0.717) is 5.56 Å². The van der Waals surface area contributed by atoms with Crippen LogP contribution < -0.4 is 0 Å². The molecule has 0 aliphatic heterocycles. The fourth-order valence-corrected chi connectivity index (χ4v) is 2.69. The zero-order chi connectivity index (χ0) is 14.5. The number of pyridine rings is 1. The number of amides is 1. The normalized spacial score (nSPS) is 15.1. The first-order chi connectivity index (χ1) is 9.63. The number of rotatable bonds is 4. The van der Waals surface area contributed by atoms with Gasteiger partial charge >= 0.3 is 5.97 Å². The molecule has 108 valence electrons. The molecule has 0 aromatic carbocycles. The van der Waals surface area contributed by atoms with E-state index >= 15 is 0 Å². The van der Waals surface area contributed by atoms with Crippen LogP contribution in [0.1, 0.15) is 36.0 Å². The molecule has 0 atom stereocenters. The van der Waals surface area contributed by atoms with Crippen LogP contribution in [0, 0.1) is 0 Å². The van der Waals surface area contributed by atoms with Crippen LogP contribution in [0.3, 0.4) is 0 Å². The molecule has 1 aromatic heterocycles. The Balaban J connectivity index is 2.23. The number of carbonyl (C=O) groups is 2. The van der Waals surface area contributed by atoms with Crippen molar-refractivity contribution >= 4 is 23.5 Å². The van der Waals surface area contributed by atoms with Crippen molar-refractivity contribution in [1.29, 1.82) is 0 Å². The van der Waals surface area contributed by atoms with Crippen LogP contribution in [0.2, 0.25) is 5.15 Å². The molecule has 5 nitrogen and oxygen atoms in total. The summed E-state index contributed by atoms with van der Waals surface area (Å²) in [6.07, 6.45) is 5.47. The lowest BCUT2D eigenvalue weighted by Gasteiger charge is -2.28. The maximum absolute atomic E-state index is 12.6. The molecule has 1 aliphatic rings. The van der Waals surface area contributed by atoms with Crippen molar-refractivity contribution in [2.24, 2.45) is 0 Å². The number of aromatic nitrogens is 1. The number of hydrogen-bond donors (Lipinski definition) is 0. The highest BCUT2D eigenvalue weighted by molar-refractivity contribution is 6.32. The van der Waals surface area contributed by atoms with Crippen molar-refractivity contribution in [3.05, 3.63) is 29.0 Å². The van der Waals surface area contributed by atoms with E-state index in [1.807, 2.05) is 0 Å². The van der Waals surface area contributed by atoms with E-state index in [0.717, 1.165) is 25.7 Å². The Bertz CT molecular complexity index is 501. The molecule has 1 amide bonds. The lowest BCUT2D eigenvalue weighted by Crippen LogP contribution is -2.42. The van der Waals surface area contributed by atoms with E-state index in [9.17, 15) is 9.59 Å². The Labute approximate surface area is 122 Å². The van der Waals surface area contributed by atoms with Crippen LogP contribution in [0.25, 0.3) is 0 Å². The van der Waals surface area contributed by atoms with Crippen molar-refractivity contribution in [3.63, 3.8) is 0 Å². The zero-order valence-electron chi connectivity index (χ0n) is 11.3. The monoisotopic (exact) mass is 296 g/mol. The van der Waals surface area contributed by atoms with Crippen LogP contribution in [0.5, 0.6) is 0 Å². The largest absolute Gasteiger partial charge is 0.468 e. The maximum Gasteiger partial charge on any atom is 0.325 e. The standard InChI is InChI=1S/C14H17ClN2O3/c1-20-12(18)9-17(10-5-2-3-6-10)14(19)11-7-4-8-16-13(11)15/h4,7-8,10H,2-3,5-6,9H2,1H3. The Morgan fingerprint density at radius 2 is 2.15 bits per heavy atom. The minimum absolute atomic E-state index is 0.0504. The molecule has 1 heterocycles. The van der Waals surface area contributed by atoms with Gasteiger partial charge in [0, 0.05) is 12.2 Å². The number of carbonyl (C=O) groups excluding carboxylic acids is 2. The second kappa shape index (κ2) is 6.70. The van der Waals surface area contributed by atoms with E-state index in [4.69, 9.17) is 11.6 Å². The lowest BCUT2D eigenvalue weighted by molar-refractivity contribution is -0.141. The van der Waals surface area contributed by atoms with Gasteiger partial charge in [-0.05, 0) is 25.0 Å². The Morgan fingerprint density at radius 1 is 1.45 bits per heavy atom. The summed E-state index contributed by atoms with van der Waals surface area (Å²) in [6, 6.07) is 3.35. The lowest BCUT2D eigenvalue weighted by atomic mass is 10.1. The minimum atomic E-state index is -0.426. The minimum Gasteiger partial charge on any atom is -0.468 e. The molecular formula is C14H17ClN2O3. The molecule has 0 N–H and O–H groups in total. The molecule has 0 saturated heterocycles. The van der Waals surface area contributed by atoms with Crippen LogP contribution >= 0.6 is 11.6 Å². The van der Waals surface area contributed by atoms with Gasteiger partial charge in [0.2, 0.25) is 0 Å². The van der Waals surface area contributed by atoms with Crippen LogP contribution in [0.15, 0.2) is 18.3 Å². The maximum atomic E-state index is 12.6. The number of nitrogens with zero attached hydrogens (tertiary/aromatic N) is 2. The van der Waals surface area contributed by atoms with E-state index < -0.39 is 5.97 Å². The molecule has 2 rings (SSSR count). The Kier molecular flexibility index (Phi) is 4.95. The zero-order valence-corrected chi connectivity index (χ0v) is 12.1. The number of ether oxygens (including phenoxy) is 1. The summed E-state index contributed by atoms with van der Waals surface area (Å²) in [7, 11) is 1.32. The van der Waals surface area contributed by atoms with Crippen molar-refractivity contribution in [1.82, 2.24) is 9.88 Å². The summed E-state index contributed by atoms with van der Waals surface area (Å²) in [5, 5.41) is 0.158. The first kappa shape index (κ1) is 14.8. The summed E-state index contributed by atoms with van der Waals surface area (Å²) < 4.78 is 4.68. The molecular weight excluding hydrogens is 280 g/mol. The first-order valence-electron chi connectivity index (χ1n) is 6.61. The third kappa shape index (κ3) is 3.28. The van der Waals surface area contributed by atoms with Crippen molar-refractivity contribution in [2.75, 3.05) is 13.7 Å². The summed E-state index contributed by atoms with van der Waals surface area (Å²) in [4.78, 5) is 29.6. The molecule has 1 saturated carbocycles. The Morgan fingerprint density at radius 3 is 2.75 bits per heavy atom. The molecule has 20 heavy (non-hydrogen) atoms. The van der Waals surface area contributed by atoms with Crippen molar-refractivity contribution in [3.8, 4) is 0 Å². The average Bonchev–Trinajstić information content (AvgIpc) is 2.98. The Hall–Kier alpha value is -1.62. The summed E-state index contributed by atoms with van der Waals surface area (Å²) in [5.41, 5.74) is 0.324. The number of halogens is 1. The van der Waals surface area contributed by atoms with Gasteiger partial charge in [0.25, 0.3) is 5.91 Å². The quantitative estimate of drug-likeness (QED) is 0.632. The highest BCUT2D eigenvalue weighted by Gasteiger charge is 2.30. The molecule has 0 radical (unpaired) electrons. The third-order valence-electron chi connectivity index (χ3n) is 3.54. The molecule has 0 bridgehead atoms. The van der Waals surface area contributed by atoms with Crippen LogP contribution in [-0.2, 0) is 9.53 Å². The first-order valence-corrected chi connectivity index (χ1v) is 6.99. The summed E-state index contributed by atoms with van der Waals surface area (Å²) in [5.74, 6) is -0.689. The highest BCUT2D eigenvalue weighted by Crippen LogP contribution is 2.26. The molecule has 1 fully saturated rings. The van der Waals surface area contributed by atoms with E-state index in [1.165, 1.54) is 13.3 Å².